The lowest BCUT2D eigenvalue weighted by Crippen LogP contribution is -2.16. The largest absolute Gasteiger partial charge is 0.497 e. The van der Waals surface area contributed by atoms with Gasteiger partial charge in [0, 0.05) is 12.3 Å². The van der Waals surface area contributed by atoms with Crippen LogP contribution < -0.4 is 10.3 Å². The average molecular weight is 327 g/mol. The second-order valence-corrected chi connectivity index (χ2v) is 5.13. The Balaban J connectivity index is 2.23. The third-order valence-electron chi connectivity index (χ3n) is 3.30. The number of nitrogens with one attached hydrogen (secondary N) is 1. The first-order valence-electron chi connectivity index (χ1n) is 6.75. The lowest BCUT2D eigenvalue weighted by molar-refractivity contribution is 0.413. The predicted molar refractivity (Wildman–Crippen MR) is 91.0 cm³/mol. The van der Waals surface area contributed by atoms with Gasteiger partial charge in [-0.2, -0.15) is 0 Å². The first-order chi connectivity index (χ1) is 11.1. The standard InChI is InChI=1S/C16H13N3O3S/c1-22-12-6-2-5-11(9-12)19-15(21)13(14(20)18-16(19)23)8-10-4-3-7-17-10/h2-9,21H,1H3,(H,18,20,23)/b10-8-. The molecule has 0 aliphatic carbocycles. The monoisotopic (exact) mass is 327 g/mol. The lowest BCUT2D eigenvalue weighted by Gasteiger charge is -2.12. The molecule has 6 nitrogen and oxygen atoms in total. The van der Waals surface area contributed by atoms with Crippen LogP contribution in [0.15, 0.2) is 51.9 Å². The van der Waals surface area contributed by atoms with Crippen molar-refractivity contribution in [1.82, 2.24) is 9.55 Å². The minimum Gasteiger partial charge on any atom is -0.497 e. The van der Waals surface area contributed by atoms with Crippen LogP contribution in [0.3, 0.4) is 0 Å². The average Bonchev–Trinajstić information content (AvgIpc) is 3.04. The van der Waals surface area contributed by atoms with Gasteiger partial charge in [-0.1, -0.05) is 6.07 Å². The number of methoxy groups -OCH3 is 1. The van der Waals surface area contributed by atoms with E-state index in [9.17, 15) is 9.90 Å². The summed E-state index contributed by atoms with van der Waals surface area (Å²) in [7, 11) is 1.55. The smallest absolute Gasteiger partial charge is 0.262 e. The van der Waals surface area contributed by atoms with Gasteiger partial charge in [-0.3, -0.25) is 19.3 Å². The molecule has 0 unspecified atom stereocenters. The van der Waals surface area contributed by atoms with Gasteiger partial charge in [-0.05, 0) is 42.6 Å². The summed E-state index contributed by atoms with van der Waals surface area (Å²) in [5.74, 6) is 0.355. The van der Waals surface area contributed by atoms with Gasteiger partial charge in [-0.25, -0.2) is 0 Å². The maximum absolute atomic E-state index is 12.1. The van der Waals surface area contributed by atoms with Crippen LogP contribution in [0.4, 0.5) is 0 Å². The molecule has 2 aromatic rings. The van der Waals surface area contributed by atoms with Crippen molar-refractivity contribution >= 4 is 24.5 Å². The Bertz CT molecular complexity index is 953. The summed E-state index contributed by atoms with van der Waals surface area (Å²) in [5.41, 5.74) is 0.753. The molecule has 1 aromatic heterocycles. The van der Waals surface area contributed by atoms with E-state index in [1.54, 1.807) is 49.7 Å². The molecule has 0 radical (unpaired) electrons. The van der Waals surface area contributed by atoms with Crippen LogP contribution >= 0.6 is 12.2 Å². The van der Waals surface area contributed by atoms with E-state index in [2.05, 4.69) is 9.98 Å². The van der Waals surface area contributed by atoms with Crippen molar-refractivity contribution in [2.75, 3.05) is 7.11 Å². The highest BCUT2D eigenvalue weighted by molar-refractivity contribution is 7.71. The summed E-state index contributed by atoms with van der Waals surface area (Å²) in [6, 6.07) is 7.00. The van der Waals surface area contributed by atoms with E-state index in [0.29, 0.717) is 17.1 Å². The highest BCUT2D eigenvalue weighted by Gasteiger charge is 2.13. The molecule has 0 atom stereocenters. The molecule has 1 aliphatic heterocycles. The topological polar surface area (TPSA) is 79.6 Å². The zero-order chi connectivity index (χ0) is 16.4. The molecule has 0 amide bonds. The van der Waals surface area contributed by atoms with Gasteiger partial charge >= 0.3 is 0 Å². The fourth-order valence-corrected chi connectivity index (χ4v) is 2.49. The van der Waals surface area contributed by atoms with Crippen LogP contribution in [0.25, 0.3) is 11.8 Å². The molecule has 1 aromatic carbocycles. The summed E-state index contributed by atoms with van der Waals surface area (Å²) in [6.45, 7) is 0. The highest BCUT2D eigenvalue weighted by atomic mass is 32.1. The summed E-state index contributed by atoms with van der Waals surface area (Å²) < 4.78 is 6.64. The van der Waals surface area contributed by atoms with Crippen molar-refractivity contribution in [1.29, 1.82) is 0 Å². The number of allylic oxidation sites excluding steroid dienone is 2. The molecule has 3 rings (SSSR count). The van der Waals surface area contributed by atoms with E-state index >= 15 is 0 Å². The Labute approximate surface area is 136 Å². The molecule has 0 fully saturated rings. The molecule has 0 bridgehead atoms. The second kappa shape index (κ2) is 6.05. The summed E-state index contributed by atoms with van der Waals surface area (Å²) in [6.07, 6.45) is 6.58. The fourth-order valence-electron chi connectivity index (χ4n) is 2.20. The van der Waals surface area contributed by atoms with Crippen molar-refractivity contribution < 1.29 is 9.84 Å². The number of rotatable bonds is 3. The van der Waals surface area contributed by atoms with Crippen molar-refractivity contribution in [2.45, 2.75) is 0 Å². The molecule has 2 N–H and O–H groups in total. The lowest BCUT2D eigenvalue weighted by atomic mass is 10.2. The van der Waals surface area contributed by atoms with Crippen molar-refractivity contribution in [3.8, 4) is 17.3 Å². The van der Waals surface area contributed by atoms with Crippen LogP contribution in [0.1, 0.15) is 5.56 Å². The van der Waals surface area contributed by atoms with Crippen molar-refractivity contribution in [3.63, 3.8) is 0 Å². The van der Waals surface area contributed by atoms with Gasteiger partial charge in [0.1, 0.15) is 11.3 Å². The third-order valence-corrected chi connectivity index (χ3v) is 3.59. The molecule has 0 spiro atoms. The first-order valence-corrected chi connectivity index (χ1v) is 7.16. The van der Waals surface area contributed by atoms with Crippen LogP contribution in [-0.2, 0) is 0 Å². The van der Waals surface area contributed by atoms with E-state index < -0.39 is 5.56 Å². The molecule has 23 heavy (non-hydrogen) atoms. The Hall–Kier alpha value is -2.93. The number of aromatic nitrogens is 2. The maximum atomic E-state index is 12.1. The molecule has 0 saturated heterocycles. The van der Waals surface area contributed by atoms with E-state index in [1.807, 2.05) is 0 Å². The number of H-pyrrole nitrogens is 1. The predicted octanol–water partition coefficient (Wildman–Crippen LogP) is 2.59. The van der Waals surface area contributed by atoms with Crippen molar-refractivity contribution in [2.24, 2.45) is 4.99 Å². The van der Waals surface area contributed by atoms with Gasteiger partial charge in [0.15, 0.2) is 4.77 Å². The van der Waals surface area contributed by atoms with E-state index in [1.165, 1.54) is 10.6 Å². The van der Waals surface area contributed by atoms with Crippen LogP contribution in [0.2, 0.25) is 0 Å². The van der Waals surface area contributed by atoms with Crippen molar-refractivity contribution in [3.05, 3.63) is 62.8 Å². The van der Waals surface area contributed by atoms with Crippen LogP contribution in [-0.4, -0.2) is 28.0 Å². The SMILES string of the molecule is COc1cccc(-n2c(O)c(/C=C3/C=CC=N3)c(=O)[nH]c2=S)c1. The van der Waals surface area contributed by atoms with Gasteiger partial charge in [0.05, 0.1) is 18.5 Å². The van der Waals surface area contributed by atoms with Crippen LogP contribution in [0, 0.1) is 4.77 Å². The Morgan fingerprint density at radius 1 is 1.43 bits per heavy atom. The van der Waals surface area contributed by atoms with Gasteiger partial charge in [0.2, 0.25) is 5.88 Å². The quantitative estimate of drug-likeness (QED) is 0.849. The number of ether oxygens (including phenoxy) is 1. The number of benzene rings is 1. The van der Waals surface area contributed by atoms with Gasteiger partial charge in [0.25, 0.3) is 5.56 Å². The maximum Gasteiger partial charge on any atom is 0.262 e. The second-order valence-electron chi connectivity index (χ2n) is 4.74. The molecule has 1 aliphatic rings. The number of aromatic hydroxyl groups is 1. The fraction of sp³-hybridized carbons (Fsp3) is 0.0625. The zero-order valence-electron chi connectivity index (χ0n) is 12.2. The number of nitrogens with zero attached hydrogens (tertiary/aromatic N) is 2. The molecule has 0 saturated carbocycles. The van der Waals surface area contributed by atoms with Gasteiger partial charge < -0.3 is 9.84 Å². The number of aliphatic imine (C=N–C) groups is 1. The third kappa shape index (κ3) is 2.86. The molecular formula is C16H13N3O3S. The minimum atomic E-state index is -0.477. The Morgan fingerprint density at radius 3 is 2.96 bits per heavy atom. The number of aromatic amines is 1. The van der Waals surface area contributed by atoms with E-state index in [-0.39, 0.29) is 16.2 Å². The summed E-state index contributed by atoms with van der Waals surface area (Å²) >= 11 is 5.17. The van der Waals surface area contributed by atoms with Gasteiger partial charge in [-0.15, -0.1) is 0 Å². The molecule has 7 heteroatoms. The first kappa shape index (κ1) is 15.0. The van der Waals surface area contributed by atoms with E-state index in [4.69, 9.17) is 17.0 Å². The van der Waals surface area contributed by atoms with E-state index in [0.717, 1.165) is 0 Å². The summed E-state index contributed by atoms with van der Waals surface area (Å²) in [5, 5.41) is 10.5. The normalized spacial score (nSPS) is 14.6. The minimum absolute atomic E-state index is 0.0834. The Kier molecular flexibility index (Phi) is 3.94. The molecule has 116 valence electrons. The molecule has 2 heterocycles. The number of hydrogen-bond acceptors (Lipinski definition) is 5. The Morgan fingerprint density at radius 2 is 2.26 bits per heavy atom. The number of hydrogen-bond donors (Lipinski definition) is 2. The highest BCUT2D eigenvalue weighted by Crippen LogP contribution is 2.24. The summed E-state index contributed by atoms with van der Waals surface area (Å²) in [4.78, 5) is 18.7. The van der Waals surface area contributed by atoms with Crippen LogP contribution in [0.5, 0.6) is 11.6 Å². The zero-order valence-corrected chi connectivity index (χ0v) is 13.0. The molecular weight excluding hydrogens is 314 g/mol.